The van der Waals surface area contributed by atoms with Crippen molar-refractivity contribution in [1.29, 1.82) is 0 Å². The summed E-state index contributed by atoms with van der Waals surface area (Å²) in [4.78, 5) is 26.1. The minimum Gasteiger partial charge on any atom is -0.458 e. The van der Waals surface area contributed by atoms with Crippen molar-refractivity contribution in [2.24, 2.45) is 10.8 Å². The van der Waals surface area contributed by atoms with E-state index in [9.17, 15) is 9.59 Å². The van der Waals surface area contributed by atoms with Crippen molar-refractivity contribution < 1.29 is 19.1 Å². The summed E-state index contributed by atoms with van der Waals surface area (Å²) in [6.07, 6.45) is 1.73. The van der Waals surface area contributed by atoms with Gasteiger partial charge in [-0.15, -0.1) is 0 Å². The van der Waals surface area contributed by atoms with E-state index in [4.69, 9.17) is 9.47 Å². The van der Waals surface area contributed by atoms with Gasteiger partial charge in [0.25, 0.3) is 0 Å². The van der Waals surface area contributed by atoms with Gasteiger partial charge in [-0.05, 0) is 60.3 Å². The Balaban J connectivity index is 3.35. The minimum absolute atomic E-state index is 0.178. The molecule has 0 bridgehead atoms. The molecule has 0 aliphatic heterocycles. The minimum atomic E-state index is -0.465. The van der Waals surface area contributed by atoms with Gasteiger partial charge in [-0.3, -0.25) is 0 Å². The zero-order valence-electron chi connectivity index (χ0n) is 20.1. The number of rotatable bonds is 7. The molecule has 0 radical (unpaired) electrons. The van der Waals surface area contributed by atoms with Gasteiger partial charge in [0.2, 0.25) is 0 Å². The second-order valence-electron chi connectivity index (χ2n) is 10.0. The summed E-state index contributed by atoms with van der Waals surface area (Å²) in [5.41, 5.74) is 2.23. The van der Waals surface area contributed by atoms with Gasteiger partial charge in [-0.1, -0.05) is 62.3 Å². The molecule has 0 saturated heterocycles. The second kappa shape index (κ2) is 9.77. The molecule has 0 N–H and O–H groups in total. The molecule has 1 aromatic carbocycles. The van der Waals surface area contributed by atoms with Gasteiger partial charge < -0.3 is 9.47 Å². The van der Waals surface area contributed by atoms with Crippen molar-refractivity contribution >= 4 is 11.9 Å². The van der Waals surface area contributed by atoms with E-state index in [1.807, 2.05) is 69.2 Å². The Labute approximate surface area is 177 Å². The molecular formula is C25H40O4. The Kier molecular flexibility index (Phi) is 8.49. The molecule has 0 spiro atoms. The second-order valence-corrected chi connectivity index (χ2v) is 10.0. The lowest BCUT2D eigenvalue weighted by molar-refractivity contribution is -0.00794. The van der Waals surface area contributed by atoms with Crippen LogP contribution in [0.5, 0.6) is 0 Å². The van der Waals surface area contributed by atoms with Crippen molar-refractivity contribution in [2.75, 3.05) is 0 Å². The van der Waals surface area contributed by atoms with Crippen LogP contribution in [0, 0.1) is 17.8 Å². The molecule has 0 saturated carbocycles. The smallest absolute Gasteiger partial charge is 0.339 e. The standard InChI is InChI=1S/C25H40O4/c1-11-17-15-19(23(27)29-21(13-3)25(8,9)10)18(14-16(17)4)22(26)28-20(12-2)24(5,6)7/h14-15,20-21H,11-13H2,1-10H3. The van der Waals surface area contributed by atoms with Gasteiger partial charge in [0.15, 0.2) is 0 Å². The van der Waals surface area contributed by atoms with E-state index in [-0.39, 0.29) is 28.6 Å². The van der Waals surface area contributed by atoms with Gasteiger partial charge in [0.1, 0.15) is 12.2 Å². The SMILES string of the molecule is CCc1cc(C(=O)OC(CC)C(C)(C)C)c(C(=O)OC(CC)C(C)(C)C)cc1C. The number of aryl methyl sites for hydroxylation is 2. The van der Waals surface area contributed by atoms with Crippen LogP contribution in [-0.2, 0) is 15.9 Å². The highest BCUT2D eigenvalue weighted by atomic mass is 16.6. The van der Waals surface area contributed by atoms with Crippen LogP contribution in [0.4, 0.5) is 0 Å². The zero-order valence-corrected chi connectivity index (χ0v) is 20.1. The van der Waals surface area contributed by atoms with Gasteiger partial charge in [0, 0.05) is 0 Å². The predicted octanol–water partition coefficient (Wildman–Crippen LogP) is 6.52. The molecule has 2 unspecified atom stereocenters. The van der Waals surface area contributed by atoms with Crippen molar-refractivity contribution in [1.82, 2.24) is 0 Å². The van der Waals surface area contributed by atoms with Crippen LogP contribution in [0.3, 0.4) is 0 Å². The predicted molar refractivity (Wildman–Crippen MR) is 118 cm³/mol. The number of ether oxygens (including phenoxy) is 2. The molecule has 4 nitrogen and oxygen atoms in total. The third-order valence-electron chi connectivity index (χ3n) is 5.47. The number of hydrogen-bond acceptors (Lipinski definition) is 4. The maximum atomic E-state index is 13.1. The molecule has 1 aromatic rings. The van der Waals surface area contributed by atoms with Crippen LogP contribution >= 0.6 is 0 Å². The van der Waals surface area contributed by atoms with Crippen LogP contribution in [0.25, 0.3) is 0 Å². The Morgan fingerprint density at radius 3 is 1.48 bits per heavy atom. The zero-order chi connectivity index (χ0) is 22.6. The lowest BCUT2D eigenvalue weighted by Gasteiger charge is -2.30. The fourth-order valence-electron chi connectivity index (χ4n) is 3.60. The van der Waals surface area contributed by atoms with E-state index in [1.54, 1.807) is 12.1 Å². The van der Waals surface area contributed by atoms with E-state index in [0.29, 0.717) is 18.4 Å². The average Bonchev–Trinajstić information content (AvgIpc) is 2.61. The summed E-state index contributed by atoms with van der Waals surface area (Å²) in [6, 6.07) is 3.56. The Bertz CT molecular complexity index is 720. The number of benzene rings is 1. The fourth-order valence-corrected chi connectivity index (χ4v) is 3.60. The maximum absolute atomic E-state index is 13.1. The largest absolute Gasteiger partial charge is 0.458 e. The summed E-state index contributed by atoms with van der Waals surface area (Å²) in [6.45, 7) is 20.3. The molecule has 0 amide bonds. The molecule has 1 rings (SSSR count). The highest BCUT2D eigenvalue weighted by Crippen LogP contribution is 2.29. The quantitative estimate of drug-likeness (QED) is 0.485. The Morgan fingerprint density at radius 1 is 0.793 bits per heavy atom. The number of carbonyl (C=O) groups is 2. The van der Waals surface area contributed by atoms with Crippen molar-refractivity contribution in [3.8, 4) is 0 Å². The Hall–Kier alpha value is -1.84. The lowest BCUT2D eigenvalue weighted by atomic mass is 9.87. The van der Waals surface area contributed by atoms with E-state index in [0.717, 1.165) is 17.5 Å². The topological polar surface area (TPSA) is 52.6 Å². The van der Waals surface area contributed by atoms with Crippen molar-refractivity contribution in [2.45, 2.75) is 101 Å². The van der Waals surface area contributed by atoms with Crippen LogP contribution in [0.2, 0.25) is 0 Å². The van der Waals surface area contributed by atoms with E-state index >= 15 is 0 Å². The number of esters is 2. The van der Waals surface area contributed by atoms with E-state index < -0.39 is 11.9 Å². The molecule has 0 fully saturated rings. The molecule has 164 valence electrons. The highest BCUT2D eigenvalue weighted by Gasteiger charge is 2.32. The molecule has 0 aliphatic carbocycles. The van der Waals surface area contributed by atoms with E-state index in [2.05, 4.69) is 0 Å². The molecule has 0 aromatic heterocycles. The van der Waals surface area contributed by atoms with Crippen LogP contribution < -0.4 is 0 Å². The maximum Gasteiger partial charge on any atom is 0.339 e. The monoisotopic (exact) mass is 404 g/mol. The van der Waals surface area contributed by atoms with E-state index in [1.165, 1.54) is 0 Å². The first-order chi connectivity index (χ1) is 13.3. The summed E-state index contributed by atoms with van der Waals surface area (Å²) in [5.74, 6) is -0.925. The fraction of sp³-hybridized carbons (Fsp3) is 0.680. The van der Waals surface area contributed by atoms with Crippen LogP contribution in [-0.4, -0.2) is 24.1 Å². The van der Waals surface area contributed by atoms with Gasteiger partial charge >= 0.3 is 11.9 Å². The Morgan fingerprint density at radius 2 is 1.17 bits per heavy atom. The van der Waals surface area contributed by atoms with Gasteiger partial charge in [-0.2, -0.15) is 0 Å². The summed E-state index contributed by atoms with van der Waals surface area (Å²) >= 11 is 0. The van der Waals surface area contributed by atoms with Gasteiger partial charge in [-0.25, -0.2) is 9.59 Å². The third kappa shape index (κ3) is 6.58. The first-order valence-corrected chi connectivity index (χ1v) is 10.8. The van der Waals surface area contributed by atoms with Crippen LogP contribution in [0.1, 0.15) is 107 Å². The average molecular weight is 405 g/mol. The van der Waals surface area contributed by atoms with Crippen molar-refractivity contribution in [3.63, 3.8) is 0 Å². The summed E-state index contributed by atoms with van der Waals surface area (Å²) in [7, 11) is 0. The molecular weight excluding hydrogens is 364 g/mol. The first kappa shape index (κ1) is 25.2. The van der Waals surface area contributed by atoms with Gasteiger partial charge in [0.05, 0.1) is 11.1 Å². The summed E-state index contributed by atoms with van der Waals surface area (Å²) in [5, 5.41) is 0. The molecule has 29 heavy (non-hydrogen) atoms. The molecule has 0 aliphatic rings. The third-order valence-corrected chi connectivity index (χ3v) is 5.47. The molecule has 2 atom stereocenters. The molecule has 4 heteroatoms. The highest BCUT2D eigenvalue weighted by molar-refractivity contribution is 6.03. The number of carbonyl (C=O) groups excluding carboxylic acids is 2. The summed E-state index contributed by atoms with van der Waals surface area (Å²) < 4.78 is 11.7. The number of hydrogen-bond donors (Lipinski definition) is 0. The van der Waals surface area contributed by atoms with Crippen LogP contribution in [0.15, 0.2) is 12.1 Å². The van der Waals surface area contributed by atoms with Crippen molar-refractivity contribution in [3.05, 3.63) is 34.4 Å². The normalized spacial score (nSPS) is 14.3. The first-order valence-electron chi connectivity index (χ1n) is 10.8. The molecule has 0 heterocycles. The lowest BCUT2D eigenvalue weighted by Crippen LogP contribution is -2.33.